The minimum absolute atomic E-state index is 0.0734. The predicted molar refractivity (Wildman–Crippen MR) is 71.0 cm³/mol. The third-order valence-corrected chi connectivity index (χ3v) is 3.54. The Morgan fingerprint density at radius 3 is 3.06 bits per heavy atom. The SMILES string of the molecule is CCC1CCCN(C(=O)c2ccc(NN)nc2)C1. The fraction of sp³-hybridized carbons (Fsp3) is 0.538. The fourth-order valence-corrected chi connectivity index (χ4v) is 2.37. The number of likely N-dealkylation sites (tertiary alicyclic amines) is 1. The summed E-state index contributed by atoms with van der Waals surface area (Å²) in [4.78, 5) is 18.3. The number of anilines is 1. The van der Waals surface area contributed by atoms with E-state index in [0.29, 0.717) is 17.3 Å². The van der Waals surface area contributed by atoms with Crippen molar-refractivity contribution in [3.8, 4) is 0 Å². The maximum absolute atomic E-state index is 12.3. The van der Waals surface area contributed by atoms with Crippen molar-refractivity contribution in [1.29, 1.82) is 0 Å². The average Bonchev–Trinajstić information content (AvgIpc) is 2.46. The highest BCUT2D eigenvalue weighted by atomic mass is 16.2. The van der Waals surface area contributed by atoms with Gasteiger partial charge in [-0.25, -0.2) is 10.8 Å². The number of aromatic nitrogens is 1. The van der Waals surface area contributed by atoms with Crippen LogP contribution in [0.3, 0.4) is 0 Å². The molecule has 0 bridgehead atoms. The van der Waals surface area contributed by atoms with Gasteiger partial charge >= 0.3 is 0 Å². The van der Waals surface area contributed by atoms with Crippen LogP contribution in [0.25, 0.3) is 0 Å². The molecule has 1 aromatic heterocycles. The van der Waals surface area contributed by atoms with Crippen molar-refractivity contribution in [2.24, 2.45) is 11.8 Å². The molecule has 1 fully saturated rings. The van der Waals surface area contributed by atoms with Crippen LogP contribution in [0.4, 0.5) is 5.82 Å². The van der Waals surface area contributed by atoms with Gasteiger partial charge in [-0.1, -0.05) is 13.3 Å². The number of hydrogen-bond acceptors (Lipinski definition) is 4. The largest absolute Gasteiger partial charge is 0.338 e. The molecular weight excluding hydrogens is 228 g/mol. The summed E-state index contributed by atoms with van der Waals surface area (Å²) in [5.41, 5.74) is 3.08. The van der Waals surface area contributed by atoms with Crippen LogP contribution >= 0.6 is 0 Å². The molecule has 1 aliphatic heterocycles. The van der Waals surface area contributed by atoms with E-state index in [1.54, 1.807) is 18.3 Å². The Kier molecular flexibility index (Phi) is 4.15. The minimum atomic E-state index is 0.0734. The molecule has 1 atom stereocenters. The zero-order chi connectivity index (χ0) is 13.0. The Balaban J connectivity index is 2.05. The van der Waals surface area contributed by atoms with E-state index in [1.165, 1.54) is 6.42 Å². The van der Waals surface area contributed by atoms with Gasteiger partial charge in [-0.15, -0.1) is 0 Å². The molecule has 2 heterocycles. The van der Waals surface area contributed by atoms with E-state index in [4.69, 9.17) is 5.84 Å². The molecule has 5 heteroatoms. The number of rotatable bonds is 3. The summed E-state index contributed by atoms with van der Waals surface area (Å²) < 4.78 is 0. The van der Waals surface area contributed by atoms with Gasteiger partial charge in [0.25, 0.3) is 5.91 Å². The number of nitrogens with one attached hydrogen (secondary N) is 1. The van der Waals surface area contributed by atoms with Crippen LogP contribution in [0.15, 0.2) is 18.3 Å². The number of hydrogen-bond donors (Lipinski definition) is 2. The second-order valence-corrected chi connectivity index (χ2v) is 4.74. The van der Waals surface area contributed by atoms with Crippen LogP contribution in [0.2, 0.25) is 0 Å². The Morgan fingerprint density at radius 2 is 2.44 bits per heavy atom. The molecule has 18 heavy (non-hydrogen) atoms. The van der Waals surface area contributed by atoms with Crippen molar-refractivity contribution in [3.63, 3.8) is 0 Å². The number of hydrazine groups is 1. The molecule has 1 aromatic rings. The molecule has 98 valence electrons. The molecular formula is C13H20N4O. The lowest BCUT2D eigenvalue weighted by Gasteiger charge is -2.32. The molecule has 0 aromatic carbocycles. The van der Waals surface area contributed by atoms with Gasteiger partial charge in [0.05, 0.1) is 5.56 Å². The van der Waals surface area contributed by atoms with E-state index in [2.05, 4.69) is 17.3 Å². The van der Waals surface area contributed by atoms with Crippen molar-refractivity contribution in [2.45, 2.75) is 26.2 Å². The summed E-state index contributed by atoms with van der Waals surface area (Å²) in [6.07, 6.45) is 5.04. The summed E-state index contributed by atoms with van der Waals surface area (Å²) in [5.74, 6) is 6.53. The number of pyridine rings is 1. The maximum Gasteiger partial charge on any atom is 0.255 e. The van der Waals surface area contributed by atoms with Gasteiger partial charge in [0, 0.05) is 19.3 Å². The third-order valence-electron chi connectivity index (χ3n) is 3.54. The number of nitrogen functional groups attached to an aromatic ring is 1. The summed E-state index contributed by atoms with van der Waals surface area (Å²) >= 11 is 0. The molecule has 0 saturated carbocycles. The summed E-state index contributed by atoms with van der Waals surface area (Å²) in [7, 11) is 0. The Bertz CT molecular complexity index is 404. The van der Waals surface area contributed by atoms with Gasteiger partial charge in [0.1, 0.15) is 5.82 Å². The fourth-order valence-electron chi connectivity index (χ4n) is 2.37. The van der Waals surface area contributed by atoms with E-state index in [-0.39, 0.29) is 5.91 Å². The first-order chi connectivity index (χ1) is 8.74. The second-order valence-electron chi connectivity index (χ2n) is 4.74. The molecule has 0 aliphatic carbocycles. The molecule has 1 saturated heterocycles. The smallest absolute Gasteiger partial charge is 0.255 e. The highest BCUT2D eigenvalue weighted by Gasteiger charge is 2.23. The highest BCUT2D eigenvalue weighted by molar-refractivity contribution is 5.94. The lowest BCUT2D eigenvalue weighted by atomic mass is 9.95. The predicted octanol–water partition coefficient (Wildman–Crippen LogP) is 1.63. The quantitative estimate of drug-likeness (QED) is 0.630. The zero-order valence-corrected chi connectivity index (χ0v) is 10.7. The number of nitrogens with zero attached hydrogens (tertiary/aromatic N) is 2. The molecule has 5 nitrogen and oxygen atoms in total. The molecule has 1 aliphatic rings. The van der Waals surface area contributed by atoms with Crippen molar-refractivity contribution in [1.82, 2.24) is 9.88 Å². The van der Waals surface area contributed by atoms with Crippen molar-refractivity contribution < 1.29 is 4.79 Å². The Labute approximate surface area is 107 Å². The Morgan fingerprint density at radius 1 is 1.61 bits per heavy atom. The summed E-state index contributed by atoms with van der Waals surface area (Å²) in [6, 6.07) is 3.48. The van der Waals surface area contributed by atoms with Crippen molar-refractivity contribution in [2.75, 3.05) is 18.5 Å². The van der Waals surface area contributed by atoms with Gasteiger partial charge in [0.2, 0.25) is 0 Å². The van der Waals surface area contributed by atoms with Gasteiger partial charge in [0.15, 0.2) is 0 Å². The highest BCUT2D eigenvalue weighted by Crippen LogP contribution is 2.20. The van der Waals surface area contributed by atoms with Crippen LogP contribution in [0.1, 0.15) is 36.5 Å². The van der Waals surface area contributed by atoms with Crippen LogP contribution in [0.5, 0.6) is 0 Å². The number of amides is 1. The van der Waals surface area contributed by atoms with Gasteiger partial charge in [-0.2, -0.15) is 0 Å². The minimum Gasteiger partial charge on any atom is -0.338 e. The maximum atomic E-state index is 12.3. The normalized spacial score (nSPS) is 19.7. The summed E-state index contributed by atoms with van der Waals surface area (Å²) in [6.45, 7) is 3.90. The topological polar surface area (TPSA) is 71.2 Å². The van der Waals surface area contributed by atoms with Gasteiger partial charge < -0.3 is 10.3 Å². The first kappa shape index (κ1) is 12.8. The van der Waals surface area contributed by atoms with E-state index in [1.807, 2.05) is 4.90 Å². The van der Waals surface area contributed by atoms with Gasteiger partial charge in [-0.05, 0) is 30.9 Å². The van der Waals surface area contributed by atoms with Crippen LogP contribution < -0.4 is 11.3 Å². The molecule has 0 radical (unpaired) electrons. The first-order valence-electron chi connectivity index (χ1n) is 6.46. The van der Waals surface area contributed by atoms with E-state index in [9.17, 15) is 4.79 Å². The van der Waals surface area contributed by atoms with Gasteiger partial charge in [-0.3, -0.25) is 4.79 Å². The summed E-state index contributed by atoms with van der Waals surface area (Å²) in [5, 5.41) is 0. The van der Waals surface area contributed by atoms with Crippen molar-refractivity contribution >= 4 is 11.7 Å². The second kappa shape index (κ2) is 5.82. The number of carbonyl (C=O) groups is 1. The van der Waals surface area contributed by atoms with Crippen LogP contribution in [0, 0.1) is 5.92 Å². The standard InChI is InChI=1S/C13H20N4O/c1-2-10-4-3-7-17(9-10)13(18)11-5-6-12(16-14)15-8-11/h5-6,8,10H,2-4,7,9,14H2,1H3,(H,15,16). The zero-order valence-electron chi connectivity index (χ0n) is 10.7. The third kappa shape index (κ3) is 2.79. The first-order valence-corrected chi connectivity index (χ1v) is 6.46. The lowest BCUT2D eigenvalue weighted by molar-refractivity contribution is 0.0671. The van der Waals surface area contributed by atoms with Crippen LogP contribution in [-0.4, -0.2) is 28.9 Å². The average molecular weight is 248 g/mol. The number of nitrogens with two attached hydrogens (primary N) is 1. The molecule has 3 N–H and O–H groups in total. The van der Waals surface area contributed by atoms with Crippen LogP contribution in [-0.2, 0) is 0 Å². The molecule has 0 spiro atoms. The van der Waals surface area contributed by atoms with E-state index >= 15 is 0 Å². The number of piperidine rings is 1. The van der Waals surface area contributed by atoms with Crippen molar-refractivity contribution in [3.05, 3.63) is 23.9 Å². The molecule has 1 unspecified atom stereocenters. The number of carbonyl (C=O) groups excluding carboxylic acids is 1. The molecule has 2 rings (SSSR count). The molecule has 1 amide bonds. The van der Waals surface area contributed by atoms with E-state index in [0.717, 1.165) is 25.9 Å². The monoisotopic (exact) mass is 248 g/mol. The Hall–Kier alpha value is -1.62. The van der Waals surface area contributed by atoms with E-state index < -0.39 is 0 Å². The lowest BCUT2D eigenvalue weighted by Crippen LogP contribution is -2.39.